The lowest BCUT2D eigenvalue weighted by Gasteiger charge is -2.21. The van der Waals surface area contributed by atoms with Gasteiger partial charge in [-0.25, -0.2) is 4.98 Å². The molecule has 0 bridgehead atoms. The summed E-state index contributed by atoms with van der Waals surface area (Å²) in [5.41, 5.74) is 2.67. The molecule has 1 N–H and O–H groups in total. The number of ether oxygens (including phenoxy) is 3. The Balaban J connectivity index is 1.91. The van der Waals surface area contributed by atoms with Gasteiger partial charge in [0.2, 0.25) is 5.91 Å². The van der Waals surface area contributed by atoms with Crippen LogP contribution >= 0.6 is 11.8 Å². The topological polar surface area (TPSA) is 74.6 Å². The van der Waals surface area contributed by atoms with E-state index in [2.05, 4.69) is 10.3 Å². The first-order chi connectivity index (χ1) is 14.2. The van der Waals surface area contributed by atoms with E-state index in [4.69, 9.17) is 14.2 Å². The van der Waals surface area contributed by atoms with Crippen LogP contribution in [0.2, 0.25) is 0 Å². The Hall–Kier alpha value is -3.13. The molecule has 7 nitrogen and oxygen atoms in total. The molecule has 0 aliphatic carbocycles. The summed E-state index contributed by atoms with van der Waals surface area (Å²) in [4.78, 5) is 16.8. The molecule has 150 valence electrons. The first-order valence-electron chi connectivity index (χ1n) is 9.00. The molecule has 0 unspecified atom stereocenters. The first kappa shape index (κ1) is 19.2. The van der Waals surface area contributed by atoms with Gasteiger partial charge in [-0.05, 0) is 18.2 Å². The van der Waals surface area contributed by atoms with Gasteiger partial charge in [0.05, 0.1) is 43.7 Å². The highest BCUT2D eigenvalue weighted by Gasteiger charge is 2.32. The molecule has 8 heteroatoms. The summed E-state index contributed by atoms with van der Waals surface area (Å²) in [6.45, 7) is 0. The number of hydrogen-bond acceptors (Lipinski definition) is 6. The Labute approximate surface area is 173 Å². The normalized spacial score (nSPS) is 15.8. The number of carbonyl (C=O) groups is 1. The fraction of sp³-hybridized carbons (Fsp3) is 0.238. The molecule has 1 atom stereocenters. The molecule has 3 aromatic rings. The molecule has 0 spiro atoms. The van der Waals surface area contributed by atoms with Crippen molar-refractivity contribution in [3.8, 4) is 22.9 Å². The van der Waals surface area contributed by atoms with E-state index in [1.807, 2.05) is 47.0 Å². The number of amides is 1. The Morgan fingerprint density at radius 2 is 1.93 bits per heavy atom. The van der Waals surface area contributed by atoms with Crippen LogP contribution in [0.15, 0.2) is 48.8 Å². The van der Waals surface area contributed by atoms with E-state index in [1.165, 1.54) is 11.8 Å². The van der Waals surface area contributed by atoms with Crippen LogP contribution in [-0.4, -0.2) is 42.5 Å². The number of methoxy groups -OCH3 is 3. The zero-order valence-corrected chi connectivity index (χ0v) is 17.2. The molecule has 1 aliphatic rings. The van der Waals surface area contributed by atoms with E-state index in [0.29, 0.717) is 23.1 Å². The number of anilines is 1. The number of aromatic nitrogens is 2. The Morgan fingerprint density at radius 1 is 1.10 bits per heavy atom. The minimum absolute atomic E-state index is 0.0866. The van der Waals surface area contributed by atoms with Crippen LogP contribution in [0, 0.1) is 0 Å². The van der Waals surface area contributed by atoms with Gasteiger partial charge in [-0.15, -0.1) is 11.8 Å². The van der Waals surface area contributed by atoms with Crippen molar-refractivity contribution in [1.82, 2.24) is 9.55 Å². The molecule has 1 amide bonds. The van der Waals surface area contributed by atoms with Crippen molar-refractivity contribution in [2.45, 2.75) is 5.25 Å². The molecular weight excluding hydrogens is 390 g/mol. The fourth-order valence-electron chi connectivity index (χ4n) is 3.43. The number of benzene rings is 2. The van der Waals surface area contributed by atoms with Gasteiger partial charge < -0.3 is 19.5 Å². The van der Waals surface area contributed by atoms with E-state index in [9.17, 15) is 4.79 Å². The molecule has 0 saturated carbocycles. The van der Waals surface area contributed by atoms with E-state index < -0.39 is 0 Å². The third-order valence-electron chi connectivity index (χ3n) is 4.74. The van der Waals surface area contributed by atoms with Gasteiger partial charge in [0.15, 0.2) is 17.3 Å². The zero-order valence-electron chi connectivity index (χ0n) is 16.3. The van der Waals surface area contributed by atoms with Gasteiger partial charge in [-0.2, -0.15) is 0 Å². The second kappa shape index (κ2) is 8.08. The average molecular weight is 411 g/mol. The van der Waals surface area contributed by atoms with E-state index >= 15 is 0 Å². The predicted molar refractivity (Wildman–Crippen MR) is 113 cm³/mol. The lowest BCUT2D eigenvalue weighted by atomic mass is 10.1. The largest absolute Gasteiger partial charge is 0.497 e. The van der Waals surface area contributed by atoms with Crippen molar-refractivity contribution in [3.63, 3.8) is 0 Å². The van der Waals surface area contributed by atoms with Crippen LogP contribution in [-0.2, 0) is 4.79 Å². The van der Waals surface area contributed by atoms with Gasteiger partial charge in [0.1, 0.15) is 12.1 Å². The number of hydrogen-bond donors (Lipinski definition) is 1. The summed E-state index contributed by atoms with van der Waals surface area (Å²) in [6, 6.07) is 13.5. The zero-order chi connectivity index (χ0) is 20.4. The van der Waals surface area contributed by atoms with Crippen molar-refractivity contribution in [2.75, 3.05) is 32.4 Å². The average Bonchev–Trinajstić information content (AvgIpc) is 3.09. The maximum absolute atomic E-state index is 12.3. The lowest BCUT2D eigenvalue weighted by molar-refractivity contribution is -0.113. The predicted octanol–water partition coefficient (Wildman–Crippen LogP) is 3.67. The van der Waals surface area contributed by atoms with Crippen LogP contribution in [0.4, 0.5) is 5.82 Å². The number of imidazole rings is 1. The summed E-state index contributed by atoms with van der Waals surface area (Å²) in [6.07, 6.45) is 1.71. The van der Waals surface area contributed by atoms with Crippen LogP contribution in [0.3, 0.4) is 0 Å². The molecule has 29 heavy (non-hydrogen) atoms. The summed E-state index contributed by atoms with van der Waals surface area (Å²) in [5, 5.41) is 2.72. The molecule has 4 rings (SSSR count). The minimum Gasteiger partial charge on any atom is -0.497 e. The number of fused-ring (bicyclic) bond motifs is 1. The Kier molecular flexibility index (Phi) is 5.35. The van der Waals surface area contributed by atoms with Crippen molar-refractivity contribution in [2.24, 2.45) is 0 Å². The van der Waals surface area contributed by atoms with E-state index in [-0.39, 0.29) is 11.2 Å². The van der Waals surface area contributed by atoms with E-state index in [1.54, 1.807) is 27.7 Å². The van der Waals surface area contributed by atoms with Crippen molar-refractivity contribution >= 4 is 23.5 Å². The molecular formula is C21H21N3O4S. The number of thioether (sulfide) groups is 1. The summed E-state index contributed by atoms with van der Waals surface area (Å²) < 4.78 is 18.5. The molecule has 2 aromatic carbocycles. The summed E-state index contributed by atoms with van der Waals surface area (Å²) in [7, 11) is 4.86. The second-order valence-corrected chi connectivity index (χ2v) is 7.47. The Morgan fingerprint density at radius 3 is 2.69 bits per heavy atom. The number of rotatable bonds is 5. The molecule has 0 radical (unpaired) electrons. The highest BCUT2D eigenvalue weighted by atomic mass is 32.2. The molecule has 1 aliphatic heterocycles. The molecule has 0 fully saturated rings. The number of para-hydroxylation sites is 1. The SMILES string of the molecule is COc1cccc(-n2cnc3c2[C@H](c2cccc(OC)c2OC)SCC(=O)N3)c1. The maximum atomic E-state index is 12.3. The van der Waals surface area contributed by atoms with Crippen LogP contribution in [0.5, 0.6) is 17.2 Å². The molecule has 1 aromatic heterocycles. The highest BCUT2D eigenvalue weighted by molar-refractivity contribution is 8.00. The minimum atomic E-state index is -0.192. The smallest absolute Gasteiger partial charge is 0.235 e. The highest BCUT2D eigenvalue weighted by Crippen LogP contribution is 2.47. The maximum Gasteiger partial charge on any atom is 0.235 e. The van der Waals surface area contributed by atoms with Gasteiger partial charge in [0, 0.05) is 11.6 Å². The number of nitrogens with one attached hydrogen (secondary N) is 1. The standard InChI is InChI=1S/C21H21N3O4S/c1-26-14-7-4-6-13(10-14)24-12-22-21-18(24)20(29-11-17(25)23-21)15-8-5-9-16(27-2)19(15)28-3/h4-10,12,20H,11H2,1-3H3,(H,23,25)/t20-/m0/s1. The van der Waals surface area contributed by atoms with Crippen LogP contribution < -0.4 is 19.5 Å². The van der Waals surface area contributed by atoms with Crippen LogP contribution in [0.1, 0.15) is 16.5 Å². The summed E-state index contributed by atoms with van der Waals surface area (Å²) in [5.74, 6) is 2.79. The summed E-state index contributed by atoms with van der Waals surface area (Å²) >= 11 is 1.52. The third kappa shape index (κ3) is 3.51. The second-order valence-electron chi connectivity index (χ2n) is 6.37. The lowest BCUT2D eigenvalue weighted by Crippen LogP contribution is -2.12. The monoisotopic (exact) mass is 411 g/mol. The fourth-order valence-corrected chi connectivity index (χ4v) is 4.57. The Bertz CT molecular complexity index is 1050. The quantitative estimate of drug-likeness (QED) is 0.691. The van der Waals surface area contributed by atoms with Crippen molar-refractivity contribution in [1.29, 1.82) is 0 Å². The van der Waals surface area contributed by atoms with Gasteiger partial charge in [-0.1, -0.05) is 18.2 Å². The van der Waals surface area contributed by atoms with Gasteiger partial charge in [0.25, 0.3) is 0 Å². The van der Waals surface area contributed by atoms with Gasteiger partial charge in [-0.3, -0.25) is 9.36 Å². The van der Waals surface area contributed by atoms with Crippen molar-refractivity contribution in [3.05, 3.63) is 60.0 Å². The van der Waals surface area contributed by atoms with Crippen LogP contribution in [0.25, 0.3) is 5.69 Å². The molecule has 2 heterocycles. The van der Waals surface area contributed by atoms with E-state index in [0.717, 1.165) is 22.7 Å². The molecule has 0 saturated heterocycles. The van der Waals surface area contributed by atoms with Gasteiger partial charge >= 0.3 is 0 Å². The number of carbonyl (C=O) groups excluding carboxylic acids is 1. The third-order valence-corrected chi connectivity index (χ3v) is 5.98. The first-order valence-corrected chi connectivity index (χ1v) is 10.0. The van der Waals surface area contributed by atoms with Crippen molar-refractivity contribution < 1.29 is 19.0 Å². The number of nitrogens with zero attached hydrogens (tertiary/aromatic N) is 2.